The Hall–Kier alpha value is -3.90. The summed E-state index contributed by atoms with van der Waals surface area (Å²) in [5.74, 6) is 0.250. The van der Waals surface area contributed by atoms with Crippen molar-refractivity contribution in [2.45, 2.75) is 24.5 Å². The smallest absolute Gasteiger partial charge is 0.325 e. The molecule has 2 N–H and O–H groups in total. The van der Waals surface area contributed by atoms with E-state index >= 15 is 0 Å². The second-order valence-corrected chi connectivity index (χ2v) is 8.34. The Bertz CT molecular complexity index is 1150. The third kappa shape index (κ3) is 4.87. The van der Waals surface area contributed by atoms with E-state index in [2.05, 4.69) is 11.9 Å². The molecular weight excluding hydrogens is 428 g/mol. The van der Waals surface area contributed by atoms with Gasteiger partial charge in [0.2, 0.25) is 0 Å². The van der Waals surface area contributed by atoms with Crippen LogP contribution in [0.1, 0.15) is 16.7 Å². The summed E-state index contributed by atoms with van der Waals surface area (Å²) < 4.78 is 5.80. The van der Waals surface area contributed by atoms with Crippen LogP contribution in [0.3, 0.4) is 0 Å². The number of hydrogen-bond acceptors (Lipinski definition) is 4. The second kappa shape index (κ2) is 10.4. The van der Waals surface area contributed by atoms with Gasteiger partial charge in [0.05, 0.1) is 6.54 Å². The fourth-order valence-electron chi connectivity index (χ4n) is 4.25. The van der Waals surface area contributed by atoms with Crippen LogP contribution in [0.15, 0.2) is 97.6 Å². The van der Waals surface area contributed by atoms with E-state index in [9.17, 15) is 14.7 Å². The van der Waals surface area contributed by atoms with E-state index in [4.69, 9.17) is 4.74 Å². The molecule has 4 rings (SSSR count). The van der Waals surface area contributed by atoms with Crippen molar-refractivity contribution in [1.29, 1.82) is 0 Å². The summed E-state index contributed by atoms with van der Waals surface area (Å²) in [6.45, 7) is 3.53. The predicted molar refractivity (Wildman–Crippen MR) is 130 cm³/mol. The first-order valence-corrected chi connectivity index (χ1v) is 11.3. The molecule has 0 radical (unpaired) electrons. The molecule has 0 unspecified atom stereocenters. The number of ether oxygens (including phenoxy) is 1. The lowest BCUT2D eigenvalue weighted by Gasteiger charge is -2.28. The summed E-state index contributed by atoms with van der Waals surface area (Å²) in [5, 5.41) is 13.6. The first-order valence-electron chi connectivity index (χ1n) is 11.3. The Morgan fingerprint density at radius 2 is 1.62 bits per heavy atom. The summed E-state index contributed by atoms with van der Waals surface area (Å²) in [4.78, 5) is 27.7. The lowest BCUT2D eigenvalue weighted by Crippen LogP contribution is -2.46. The summed E-state index contributed by atoms with van der Waals surface area (Å²) in [6.07, 6.45) is 1.68. The number of aliphatic hydroxyl groups excluding tert-OH is 1. The number of carbonyl (C=O) groups is 2. The van der Waals surface area contributed by atoms with Gasteiger partial charge in [0.1, 0.15) is 18.5 Å². The number of β-amino-alcohol motifs (C(OH)–C–C–N with tert-alkyl or cyclic N) is 1. The number of nitrogens with zero attached hydrogens (tertiary/aromatic N) is 1. The van der Waals surface area contributed by atoms with Crippen molar-refractivity contribution in [1.82, 2.24) is 10.2 Å². The number of allylic oxidation sites excluding steroid dienone is 1. The van der Waals surface area contributed by atoms with E-state index in [1.165, 1.54) is 0 Å². The van der Waals surface area contributed by atoms with Crippen LogP contribution < -0.4 is 10.1 Å². The maximum atomic E-state index is 13.7. The molecular formula is C28H28N2O4. The molecule has 1 saturated heterocycles. The minimum absolute atomic E-state index is 0.0533. The molecule has 1 heterocycles. The molecule has 1 fully saturated rings. The zero-order chi connectivity index (χ0) is 24.0. The fraction of sp³-hybridized carbons (Fsp3) is 0.214. The summed E-state index contributed by atoms with van der Waals surface area (Å²) in [6, 6.07) is 25.8. The van der Waals surface area contributed by atoms with Crippen LogP contribution in [0.4, 0.5) is 4.79 Å². The number of aliphatic hydroxyl groups is 1. The number of para-hydroxylation sites is 1. The largest absolute Gasteiger partial charge is 0.491 e. The van der Waals surface area contributed by atoms with Crippen LogP contribution in [0.2, 0.25) is 0 Å². The first-order chi connectivity index (χ1) is 16.5. The van der Waals surface area contributed by atoms with Crippen LogP contribution in [0, 0.1) is 0 Å². The van der Waals surface area contributed by atoms with Gasteiger partial charge in [0.25, 0.3) is 5.91 Å². The number of urea groups is 1. The lowest BCUT2D eigenvalue weighted by atomic mass is 9.83. The van der Waals surface area contributed by atoms with Crippen molar-refractivity contribution in [2.75, 3.05) is 13.2 Å². The maximum Gasteiger partial charge on any atom is 0.325 e. The topological polar surface area (TPSA) is 78.9 Å². The van der Waals surface area contributed by atoms with Crippen LogP contribution in [-0.2, 0) is 23.2 Å². The Labute approximate surface area is 199 Å². The molecule has 1 aliphatic heterocycles. The molecule has 174 valence electrons. The molecule has 3 aromatic carbocycles. The highest BCUT2D eigenvalue weighted by Gasteiger charge is 2.52. The molecule has 2 atom stereocenters. The van der Waals surface area contributed by atoms with Gasteiger partial charge in [-0.2, -0.15) is 0 Å². The number of amides is 3. The van der Waals surface area contributed by atoms with Gasteiger partial charge in [-0.15, -0.1) is 6.58 Å². The fourth-order valence-corrected chi connectivity index (χ4v) is 4.25. The van der Waals surface area contributed by atoms with Gasteiger partial charge in [-0.05, 0) is 29.2 Å². The SMILES string of the molecule is C=CCc1ccccc1OC[C@@H](O)CN1C(=O)N[C@](Cc2ccccc2)(c2ccccc2)C1=O. The Morgan fingerprint density at radius 1 is 0.971 bits per heavy atom. The number of nitrogens with one attached hydrogen (secondary N) is 1. The molecule has 0 bridgehead atoms. The molecule has 0 spiro atoms. The molecule has 34 heavy (non-hydrogen) atoms. The summed E-state index contributed by atoms with van der Waals surface area (Å²) in [7, 11) is 0. The Balaban J connectivity index is 1.51. The van der Waals surface area contributed by atoms with E-state index in [0.29, 0.717) is 24.2 Å². The highest BCUT2D eigenvalue weighted by atomic mass is 16.5. The van der Waals surface area contributed by atoms with E-state index in [1.807, 2.05) is 84.9 Å². The Morgan fingerprint density at radius 3 is 2.32 bits per heavy atom. The molecule has 3 amide bonds. The summed E-state index contributed by atoms with van der Waals surface area (Å²) in [5.41, 5.74) is 1.33. The number of rotatable bonds is 10. The van der Waals surface area contributed by atoms with Crippen LogP contribution in [0.25, 0.3) is 0 Å². The minimum atomic E-state index is -1.24. The van der Waals surface area contributed by atoms with E-state index in [-0.39, 0.29) is 13.2 Å². The van der Waals surface area contributed by atoms with Crippen LogP contribution in [-0.4, -0.2) is 41.2 Å². The van der Waals surface area contributed by atoms with Crippen molar-refractivity contribution in [3.05, 3.63) is 114 Å². The molecule has 0 saturated carbocycles. The van der Waals surface area contributed by atoms with Gasteiger partial charge < -0.3 is 15.2 Å². The molecule has 3 aromatic rings. The average Bonchev–Trinajstić information content (AvgIpc) is 3.10. The zero-order valence-corrected chi connectivity index (χ0v) is 18.9. The molecule has 6 nitrogen and oxygen atoms in total. The standard InChI is InChI=1S/C28H28N2O4/c1-2-11-22-14-9-10-17-25(22)34-20-24(31)19-30-26(32)28(29-27(30)33,23-15-7-4-8-16-23)18-21-12-5-3-6-13-21/h2-10,12-17,24,31H,1,11,18-20H2,(H,29,33)/t24-,28+/m0/s1. The number of imide groups is 1. The number of carbonyl (C=O) groups excluding carboxylic acids is 2. The monoisotopic (exact) mass is 456 g/mol. The zero-order valence-electron chi connectivity index (χ0n) is 18.9. The van der Waals surface area contributed by atoms with Crippen molar-refractivity contribution in [2.24, 2.45) is 0 Å². The van der Waals surface area contributed by atoms with E-state index < -0.39 is 23.6 Å². The van der Waals surface area contributed by atoms with Crippen molar-refractivity contribution >= 4 is 11.9 Å². The third-order valence-electron chi connectivity index (χ3n) is 5.92. The van der Waals surface area contributed by atoms with Crippen molar-refractivity contribution in [3.63, 3.8) is 0 Å². The number of benzene rings is 3. The third-order valence-corrected chi connectivity index (χ3v) is 5.92. The van der Waals surface area contributed by atoms with Gasteiger partial charge in [0.15, 0.2) is 5.54 Å². The highest BCUT2D eigenvalue weighted by Crippen LogP contribution is 2.33. The first kappa shape index (κ1) is 23.3. The van der Waals surface area contributed by atoms with Gasteiger partial charge in [-0.25, -0.2) is 4.79 Å². The van der Waals surface area contributed by atoms with E-state index in [1.54, 1.807) is 6.08 Å². The van der Waals surface area contributed by atoms with Crippen LogP contribution in [0.5, 0.6) is 5.75 Å². The van der Waals surface area contributed by atoms with Crippen LogP contribution >= 0.6 is 0 Å². The van der Waals surface area contributed by atoms with Gasteiger partial charge in [0, 0.05) is 6.42 Å². The molecule has 1 aliphatic rings. The maximum absolute atomic E-state index is 13.7. The van der Waals surface area contributed by atoms with Gasteiger partial charge in [-0.1, -0.05) is 84.9 Å². The minimum Gasteiger partial charge on any atom is -0.491 e. The van der Waals surface area contributed by atoms with Gasteiger partial charge >= 0.3 is 6.03 Å². The molecule has 6 heteroatoms. The second-order valence-electron chi connectivity index (χ2n) is 8.34. The normalized spacial score (nSPS) is 18.4. The Kier molecular flexibility index (Phi) is 7.09. The molecule has 0 aromatic heterocycles. The van der Waals surface area contributed by atoms with Gasteiger partial charge in [-0.3, -0.25) is 9.69 Å². The molecule has 0 aliphatic carbocycles. The average molecular weight is 457 g/mol. The highest BCUT2D eigenvalue weighted by molar-refractivity contribution is 6.07. The predicted octanol–water partition coefficient (Wildman–Crippen LogP) is 3.84. The lowest BCUT2D eigenvalue weighted by molar-refractivity contribution is -0.132. The quantitative estimate of drug-likeness (QED) is 0.359. The number of hydrogen-bond donors (Lipinski definition) is 2. The van der Waals surface area contributed by atoms with Crippen molar-refractivity contribution in [3.8, 4) is 5.75 Å². The van der Waals surface area contributed by atoms with Crippen molar-refractivity contribution < 1.29 is 19.4 Å². The summed E-state index contributed by atoms with van der Waals surface area (Å²) >= 11 is 0. The van der Waals surface area contributed by atoms with E-state index in [0.717, 1.165) is 16.0 Å².